The van der Waals surface area contributed by atoms with Crippen molar-refractivity contribution in [1.82, 2.24) is 5.32 Å². The molecule has 0 aromatic carbocycles. The minimum absolute atomic E-state index is 0.370. The fourth-order valence-corrected chi connectivity index (χ4v) is 0.528. The van der Waals surface area contributed by atoms with Gasteiger partial charge in [-0.25, -0.2) is 0 Å². The van der Waals surface area contributed by atoms with Gasteiger partial charge in [0.1, 0.15) is 0 Å². The van der Waals surface area contributed by atoms with Crippen LogP contribution >= 0.6 is 0 Å². The number of amides is 1. The number of hydrogen-bond donors (Lipinski definition) is 2. The van der Waals surface area contributed by atoms with Crippen molar-refractivity contribution < 1.29 is 4.79 Å². The molecule has 0 heterocycles. The molecule has 0 spiro atoms. The van der Waals surface area contributed by atoms with Gasteiger partial charge in [-0.05, 0) is 20.0 Å². The number of rotatable bonds is 5. The Labute approximate surface area is 58.9 Å². The lowest BCUT2D eigenvalue weighted by atomic mass is 10.2. The molecular formula is C5H11N3O2. The molecule has 0 aliphatic rings. The molecule has 0 aromatic rings. The van der Waals surface area contributed by atoms with E-state index in [4.69, 9.17) is 5.73 Å². The predicted octanol–water partition coefficient (Wildman–Crippen LogP) is -0.784. The molecular weight excluding hydrogens is 134 g/mol. The molecule has 1 atom stereocenters. The molecule has 0 radical (unpaired) electrons. The summed E-state index contributed by atoms with van der Waals surface area (Å²) in [6, 6.07) is -0.882. The highest BCUT2D eigenvalue weighted by Crippen LogP contribution is 1.93. The van der Waals surface area contributed by atoms with Crippen LogP contribution in [0, 0.1) is 4.91 Å². The molecule has 0 rings (SSSR count). The van der Waals surface area contributed by atoms with Gasteiger partial charge in [0, 0.05) is 0 Å². The SMILES string of the molecule is CNCCC(N=O)C(N)=O. The van der Waals surface area contributed by atoms with Gasteiger partial charge in [0.2, 0.25) is 5.91 Å². The summed E-state index contributed by atoms with van der Waals surface area (Å²) in [6.45, 7) is 0.569. The zero-order valence-corrected chi connectivity index (χ0v) is 5.83. The fourth-order valence-electron chi connectivity index (χ4n) is 0.528. The Kier molecular flexibility index (Phi) is 4.39. The Hall–Kier alpha value is -0.970. The highest BCUT2D eigenvalue weighted by atomic mass is 16.3. The first-order valence-corrected chi connectivity index (χ1v) is 2.98. The zero-order chi connectivity index (χ0) is 7.98. The Morgan fingerprint density at radius 1 is 1.80 bits per heavy atom. The van der Waals surface area contributed by atoms with E-state index in [9.17, 15) is 9.70 Å². The fraction of sp³-hybridized carbons (Fsp3) is 0.800. The third-order valence-electron chi connectivity index (χ3n) is 1.12. The first kappa shape index (κ1) is 9.03. The molecule has 0 aliphatic heterocycles. The highest BCUT2D eigenvalue weighted by Gasteiger charge is 2.13. The Balaban J connectivity index is 3.60. The van der Waals surface area contributed by atoms with Crippen LogP contribution in [0.3, 0.4) is 0 Å². The largest absolute Gasteiger partial charge is 0.368 e. The second-order valence-electron chi connectivity index (χ2n) is 1.92. The van der Waals surface area contributed by atoms with Crippen LogP contribution in [0.4, 0.5) is 0 Å². The lowest BCUT2D eigenvalue weighted by molar-refractivity contribution is -0.119. The summed E-state index contributed by atoms with van der Waals surface area (Å²) in [6.07, 6.45) is 0.370. The second kappa shape index (κ2) is 4.87. The normalized spacial score (nSPS) is 12.5. The summed E-state index contributed by atoms with van der Waals surface area (Å²) < 4.78 is 0. The summed E-state index contributed by atoms with van der Waals surface area (Å²) >= 11 is 0. The average molecular weight is 145 g/mol. The predicted molar refractivity (Wildman–Crippen MR) is 37.3 cm³/mol. The summed E-state index contributed by atoms with van der Waals surface area (Å²) in [5, 5.41) is 5.34. The Bertz CT molecular complexity index is 126. The molecule has 5 nitrogen and oxygen atoms in total. The highest BCUT2D eigenvalue weighted by molar-refractivity contribution is 5.79. The number of nitrogens with two attached hydrogens (primary N) is 1. The van der Waals surface area contributed by atoms with E-state index in [2.05, 4.69) is 10.5 Å². The molecule has 10 heavy (non-hydrogen) atoms. The summed E-state index contributed by atoms with van der Waals surface area (Å²) in [7, 11) is 1.73. The molecule has 0 saturated carbocycles. The zero-order valence-electron chi connectivity index (χ0n) is 5.83. The number of nitroso groups, excluding NO2 is 1. The van der Waals surface area contributed by atoms with Gasteiger partial charge in [-0.2, -0.15) is 0 Å². The van der Waals surface area contributed by atoms with Crippen molar-refractivity contribution in [2.24, 2.45) is 10.9 Å². The van der Waals surface area contributed by atoms with Crippen molar-refractivity contribution in [2.45, 2.75) is 12.5 Å². The monoisotopic (exact) mass is 145 g/mol. The van der Waals surface area contributed by atoms with Crippen molar-refractivity contribution >= 4 is 5.91 Å². The molecule has 5 heteroatoms. The first-order chi connectivity index (χ1) is 4.72. The van der Waals surface area contributed by atoms with E-state index in [-0.39, 0.29) is 0 Å². The van der Waals surface area contributed by atoms with Crippen LogP contribution in [0.25, 0.3) is 0 Å². The van der Waals surface area contributed by atoms with Crippen LogP contribution < -0.4 is 11.1 Å². The first-order valence-electron chi connectivity index (χ1n) is 2.98. The van der Waals surface area contributed by atoms with E-state index in [1.807, 2.05) is 0 Å². The quantitative estimate of drug-likeness (QED) is 0.497. The summed E-state index contributed by atoms with van der Waals surface area (Å²) in [5.74, 6) is -0.662. The van der Waals surface area contributed by atoms with Crippen LogP contribution in [0.15, 0.2) is 5.18 Å². The van der Waals surface area contributed by atoms with Crippen molar-refractivity contribution in [3.05, 3.63) is 4.91 Å². The van der Waals surface area contributed by atoms with Crippen molar-refractivity contribution in [1.29, 1.82) is 0 Å². The number of nitrogens with one attached hydrogen (secondary N) is 1. The number of nitrogens with zero attached hydrogens (tertiary/aromatic N) is 1. The molecule has 0 aromatic heterocycles. The molecule has 0 fully saturated rings. The average Bonchev–Trinajstić information content (AvgIpc) is 1.89. The van der Waals surface area contributed by atoms with E-state index >= 15 is 0 Å². The van der Waals surface area contributed by atoms with E-state index in [0.29, 0.717) is 13.0 Å². The van der Waals surface area contributed by atoms with Crippen LogP contribution in [0.5, 0.6) is 0 Å². The number of carbonyl (C=O) groups excluding carboxylic acids is 1. The smallest absolute Gasteiger partial charge is 0.245 e. The summed E-state index contributed by atoms with van der Waals surface area (Å²) in [5.41, 5.74) is 4.83. The minimum atomic E-state index is -0.882. The molecule has 0 bridgehead atoms. The summed E-state index contributed by atoms with van der Waals surface area (Å²) in [4.78, 5) is 20.2. The number of carbonyl (C=O) groups is 1. The Morgan fingerprint density at radius 3 is 2.70 bits per heavy atom. The molecule has 0 saturated heterocycles. The van der Waals surface area contributed by atoms with Gasteiger partial charge in [-0.15, -0.1) is 4.91 Å². The molecule has 0 aliphatic carbocycles. The third kappa shape index (κ3) is 3.13. The molecule has 58 valence electrons. The van der Waals surface area contributed by atoms with Crippen molar-refractivity contribution in [2.75, 3.05) is 13.6 Å². The van der Waals surface area contributed by atoms with E-state index in [1.54, 1.807) is 7.05 Å². The molecule has 3 N–H and O–H groups in total. The second-order valence-corrected chi connectivity index (χ2v) is 1.92. The number of primary amides is 1. The maximum atomic E-state index is 10.3. The maximum Gasteiger partial charge on any atom is 0.245 e. The van der Waals surface area contributed by atoms with Gasteiger partial charge >= 0.3 is 0 Å². The van der Waals surface area contributed by atoms with Gasteiger partial charge in [-0.3, -0.25) is 4.79 Å². The van der Waals surface area contributed by atoms with E-state index < -0.39 is 11.9 Å². The van der Waals surface area contributed by atoms with Crippen molar-refractivity contribution in [3.8, 4) is 0 Å². The van der Waals surface area contributed by atoms with Crippen LogP contribution in [-0.4, -0.2) is 25.5 Å². The van der Waals surface area contributed by atoms with Gasteiger partial charge in [-0.1, -0.05) is 5.18 Å². The van der Waals surface area contributed by atoms with E-state index in [0.717, 1.165) is 0 Å². The van der Waals surface area contributed by atoms with Gasteiger partial charge < -0.3 is 11.1 Å². The standard InChI is InChI=1S/C5H11N3O2/c1-7-3-2-4(8-10)5(6)9/h4,7H,2-3H2,1H3,(H2,6,9). The minimum Gasteiger partial charge on any atom is -0.368 e. The lowest BCUT2D eigenvalue weighted by Gasteiger charge is -2.01. The van der Waals surface area contributed by atoms with E-state index in [1.165, 1.54) is 0 Å². The van der Waals surface area contributed by atoms with Crippen LogP contribution in [-0.2, 0) is 4.79 Å². The van der Waals surface area contributed by atoms with Gasteiger partial charge in [0.05, 0.1) is 0 Å². The third-order valence-corrected chi connectivity index (χ3v) is 1.12. The Morgan fingerprint density at radius 2 is 2.40 bits per heavy atom. The van der Waals surface area contributed by atoms with Gasteiger partial charge in [0.25, 0.3) is 0 Å². The topological polar surface area (TPSA) is 84.6 Å². The van der Waals surface area contributed by atoms with Crippen molar-refractivity contribution in [3.63, 3.8) is 0 Å². The van der Waals surface area contributed by atoms with Crippen LogP contribution in [0.1, 0.15) is 6.42 Å². The molecule has 1 amide bonds. The lowest BCUT2D eigenvalue weighted by Crippen LogP contribution is -2.29. The number of hydrogen-bond acceptors (Lipinski definition) is 4. The van der Waals surface area contributed by atoms with Crippen LogP contribution in [0.2, 0.25) is 0 Å². The maximum absolute atomic E-state index is 10.3. The van der Waals surface area contributed by atoms with Gasteiger partial charge in [0.15, 0.2) is 6.04 Å². The molecule has 1 unspecified atom stereocenters.